The van der Waals surface area contributed by atoms with E-state index in [0.717, 1.165) is 9.80 Å². The SMILES string of the molecule is CCOC(=O)N(CCCC#CC#CCCCN(CC(=O)O)C(=O)OCC)CC(=O)O. The first-order valence-electron chi connectivity index (χ1n) is 9.54. The average Bonchev–Trinajstić information content (AvgIpc) is 2.67. The molecule has 0 heterocycles. The van der Waals surface area contributed by atoms with Crippen molar-refractivity contribution in [2.75, 3.05) is 39.4 Å². The molecule has 2 amide bonds. The van der Waals surface area contributed by atoms with Gasteiger partial charge in [0, 0.05) is 25.9 Å². The Bertz CT molecular complexity index is 639. The summed E-state index contributed by atoms with van der Waals surface area (Å²) < 4.78 is 9.61. The van der Waals surface area contributed by atoms with Crippen LogP contribution in [0.25, 0.3) is 0 Å². The van der Waals surface area contributed by atoms with Crippen LogP contribution in [-0.4, -0.2) is 83.5 Å². The number of amides is 2. The minimum absolute atomic E-state index is 0.165. The maximum absolute atomic E-state index is 11.6. The largest absolute Gasteiger partial charge is 0.480 e. The second-order valence-corrected chi connectivity index (χ2v) is 5.84. The maximum atomic E-state index is 11.6. The number of unbranched alkanes of at least 4 members (excludes halogenated alkanes) is 2. The summed E-state index contributed by atoms with van der Waals surface area (Å²) in [6.07, 6.45) is 0.466. The van der Waals surface area contributed by atoms with E-state index in [2.05, 4.69) is 23.7 Å². The summed E-state index contributed by atoms with van der Waals surface area (Å²) in [7, 11) is 0. The van der Waals surface area contributed by atoms with E-state index >= 15 is 0 Å². The third-order valence-corrected chi connectivity index (χ3v) is 3.40. The van der Waals surface area contributed by atoms with Crippen LogP contribution in [0.1, 0.15) is 39.5 Å². The molecule has 0 fully saturated rings. The standard InChI is InChI=1S/C20H28N2O8/c1-3-29-19(27)21(15-17(23)24)13-11-9-7-5-6-8-10-12-14-22(16-18(25)26)20(28)30-4-2/h3-4,9-16H2,1-2H3,(H,23,24)(H,25,26). The van der Waals surface area contributed by atoms with E-state index < -0.39 is 37.2 Å². The van der Waals surface area contributed by atoms with Crippen molar-refractivity contribution >= 4 is 24.1 Å². The molecule has 0 aromatic carbocycles. The first-order chi connectivity index (χ1) is 14.3. The molecule has 0 aromatic heterocycles. The molecule has 30 heavy (non-hydrogen) atoms. The van der Waals surface area contributed by atoms with E-state index in [1.807, 2.05) is 0 Å². The van der Waals surface area contributed by atoms with Gasteiger partial charge in [0.2, 0.25) is 0 Å². The molecule has 0 saturated carbocycles. The van der Waals surface area contributed by atoms with Crippen LogP contribution in [-0.2, 0) is 19.1 Å². The van der Waals surface area contributed by atoms with E-state index in [1.54, 1.807) is 13.8 Å². The van der Waals surface area contributed by atoms with Gasteiger partial charge in [0.15, 0.2) is 0 Å². The van der Waals surface area contributed by atoms with E-state index in [-0.39, 0.29) is 26.3 Å². The van der Waals surface area contributed by atoms with Crippen molar-refractivity contribution < 1.29 is 38.9 Å². The van der Waals surface area contributed by atoms with Crippen molar-refractivity contribution in [3.8, 4) is 23.7 Å². The van der Waals surface area contributed by atoms with Gasteiger partial charge in [-0.3, -0.25) is 19.4 Å². The Morgan fingerprint density at radius 3 is 1.40 bits per heavy atom. The summed E-state index contributed by atoms with van der Waals surface area (Å²) in [6.45, 7) is 3.16. The van der Waals surface area contributed by atoms with E-state index in [0.29, 0.717) is 25.7 Å². The molecule has 0 aliphatic rings. The lowest BCUT2D eigenvalue weighted by molar-refractivity contribution is -0.138. The normalized spacial score (nSPS) is 9.27. The Hall–Kier alpha value is -3.40. The first-order valence-corrected chi connectivity index (χ1v) is 9.54. The van der Waals surface area contributed by atoms with Crippen molar-refractivity contribution in [3.63, 3.8) is 0 Å². The zero-order chi connectivity index (χ0) is 22.8. The van der Waals surface area contributed by atoms with Crippen LogP contribution < -0.4 is 0 Å². The van der Waals surface area contributed by atoms with E-state index in [4.69, 9.17) is 19.7 Å². The van der Waals surface area contributed by atoms with Crippen LogP contribution in [0.5, 0.6) is 0 Å². The molecule has 0 bridgehead atoms. The third kappa shape index (κ3) is 13.7. The number of carboxylic acids is 2. The Balaban J connectivity index is 4.27. The van der Waals surface area contributed by atoms with E-state index in [1.165, 1.54) is 0 Å². The first kappa shape index (κ1) is 26.6. The van der Waals surface area contributed by atoms with Gasteiger partial charge >= 0.3 is 24.1 Å². The van der Waals surface area contributed by atoms with Crippen molar-refractivity contribution in [3.05, 3.63) is 0 Å². The van der Waals surface area contributed by atoms with Crippen LogP contribution in [0.2, 0.25) is 0 Å². The smallest absolute Gasteiger partial charge is 0.410 e. The number of rotatable bonds is 12. The Labute approximate surface area is 176 Å². The fraction of sp³-hybridized carbons (Fsp3) is 0.600. The van der Waals surface area contributed by atoms with Gasteiger partial charge in [-0.05, 0) is 38.5 Å². The number of carboxylic acid groups (broad SMARTS) is 2. The number of hydrogen-bond acceptors (Lipinski definition) is 6. The monoisotopic (exact) mass is 424 g/mol. The topological polar surface area (TPSA) is 134 Å². The Morgan fingerprint density at radius 1 is 0.733 bits per heavy atom. The summed E-state index contributed by atoms with van der Waals surface area (Å²) in [4.78, 5) is 47.1. The lowest BCUT2D eigenvalue weighted by atomic mass is 10.2. The van der Waals surface area contributed by atoms with Gasteiger partial charge in [-0.1, -0.05) is 11.8 Å². The van der Waals surface area contributed by atoms with Crippen molar-refractivity contribution in [1.29, 1.82) is 0 Å². The van der Waals surface area contributed by atoms with Gasteiger partial charge in [0.1, 0.15) is 13.1 Å². The maximum Gasteiger partial charge on any atom is 0.410 e. The van der Waals surface area contributed by atoms with Gasteiger partial charge in [-0.2, -0.15) is 0 Å². The Kier molecular flexibility index (Phi) is 14.7. The van der Waals surface area contributed by atoms with E-state index in [9.17, 15) is 19.2 Å². The van der Waals surface area contributed by atoms with Crippen LogP contribution in [0.15, 0.2) is 0 Å². The quantitative estimate of drug-likeness (QED) is 0.357. The minimum Gasteiger partial charge on any atom is -0.480 e. The van der Waals surface area contributed by atoms with Gasteiger partial charge < -0.3 is 19.7 Å². The number of nitrogens with zero attached hydrogens (tertiary/aromatic N) is 2. The number of hydrogen-bond donors (Lipinski definition) is 2. The number of ether oxygens (including phenoxy) is 2. The summed E-state index contributed by atoms with van der Waals surface area (Å²) in [5, 5.41) is 17.7. The Morgan fingerprint density at radius 2 is 1.10 bits per heavy atom. The summed E-state index contributed by atoms with van der Waals surface area (Å²) in [6, 6.07) is 0. The van der Waals surface area contributed by atoms with Gasteiger partial charge in [-0.15, -0.1) is 0 Å². The molecular formula is C20H28N2O8. The molecule has 0 atom stereocenters. The molecule has 0 aromatic rings. The molecule has 0 saturated heterocycles. The molecule has 0 radical (unpaired) electrons. The minimum atomic E-state index is -1.12. The third-order valence-electron chi connectivity index (χ3n) is 3.40. The van der Waals surface area contributed by atoms with Crippen molar-refractivity contribution in [2.24, 2.45) is 0 Å². The molecule has 0 aliphatic carbocycles. The molecule has 0 rings (SSSR count). The fourth-order valence-corrected chi connectivity index (χ4v) is 2.16. The molecule has 0 aliphatic heterocycles. The number of carbonyl (C=O) groups excluding carboxylic acids is 2. The number of carbonyl (C=O) groups is 4. The zero-order valence-electron chi connectivity index (χ0n) is 17.3. The predicted molar refractivity (Wildman–Crippen MR) is 106 cm³/mol. The molecule has 166 valence electrons. The molecule has 10 heteroatoms. The van der Waals surface area contributed by atoms with Gasteiger partial charge in [0.05, 0.1) is 13.2 Å². The van der Waals surface area contributed by atoms with Crippen LogP contribution in [0.4, 0.5) is 9.59 Å². The highest BCUT2D eigenvalue weighted by atomic mass is 16.6. The molecular weight excluding hydrogens is 396 g/mol. The highest BCUT2D eigenvalue weighted by Crippen LogP contribution is 2.00. The second-order valence-electron chi connectivity index (χ2n) is 5.84. The lowest BCUT2D eigenvalue weighted by Crippen LogP contribution is -2.36. The molecule has 10 nitrogen and oxygen atoms in total. The lowest BCUT2D eigenvalue weighted by Gasteiger charge is -2.19. The predicted octanol–water partition coefficient (Wildman–Crippen LogP) is 1.64. The summed E-state index contributed by atoms with van der Waals surface area (Å²) >= 11 is 0. The molecule has 0 spiro atoms. The van der Waals surface area contributed by atoms with Crippen LogP contribution in [0.3, 0.4) is 0 Å². The molecule has 2 N–H and O–H groups in total. The van der Waals surface area contributed by atoms with Gasteiger partial charge in [0.25, 0.3) is 0 Å². The van der Waals surface area contributed by atoms with Crippen LogP contribution in [0, 0.1) is 23.7 Å². The molecule has 0 unspecified atom stereocenters. The average molecular weight is 424 g/mol. The zero-order valence-corrected chi connectivity index (χ0v) is 17.3. The summed E-state index contributed by atoms with van der Waals surface area (Å²) in [5.74, 6) is 8.70. The van der Waals surface area contributed by atoms with Crippen LogP contribution >= 0.6 is 0 Å². The van der Waals surface area contributed by atoms with Crippen molar-refractivity contribution in [2.45, 2.75) is 39.5 Å². The van der Waals surface area contributed by atoms with Crippen molar-refractivity contribution in [1.82, 2.24) is 9.80 Å². The fourth-order valence-electron chi connectivity index (χ4n) is 2.16. The van der Waals surface area contributed by atoms with Gasteiger partial charge in [-0.25, -0.2) is 9.59 Å². The summed E-state index contributed by atoms with van der Waals surface area (Å²) in [5.41, 5.74) is 0. The number of aliphatic carboxylic acids is 2. The highest BCUT2D eigenvalue weighted by molar-refractivity contribution is 5.77. The second kappa shape index (κ2) is 16.5. The highest BCUT2D eigenvalue weighted by Gasteiger charge is 2.17.